The first-order valence-corrected chi connectivity index (χ1v) is 18.4. The topological polar surface area (TPSA) is 122 Å². The maximum Gasteiger partial charge on any atom is 0.485 e. The molecule has 4 heterocycles. The number of aryl methyl sites for hydroxylation is 2. The lowest BCUT2D eigenvalue weighted by molar-refractivity contribution is -0.689. The van der Waals surface area contributed by atoms with Gasteiger partial charge in [0.15, 0.2) is 45.7 Å². The van der Waals surface area contributed by atoms with Crippen molar-refractivity contribution in [2.45, 2.75) is 50.8 Å². The van der Waals surface area contributed by atoms with Crippen LogP contribution in [0, 0.1) is 13.8 Å². The van der Waals surface area contributed by atoms with E-state index in [2.05, 4.69) is 120 Å². The standard InChI is InChI=1S/C34H30N2.2CHF3O3S/c1-23-24(2)29-17-21-36-19-15-27-10-6-7-11-30(27)34(36)33(29)32-28(23)16-20-35-18-14-26(22-31(32)35)13-12-25-8-4-3-5-9-25;2*2-1(3,4)8(5,6)7/h3-15,18-19,22H,16-17,20-21H2,1-2H3;2*(H,5,6,7)/q+2;;/p-2/b13-12+;;. The van der Waals surface area contributed by atoms with Crippen LogP contribution in [0.1, 0.15) is 33.4 Å². The molecule has 0 saturated carbocycles. The van der Waals surface area contributed by atoms with Gasteiger partial charge in [0.05, 0.1) is 16.5 Å². The van der Waals surface area contributed by atoms with Gasteiger partial charge in [0, 0.05) is 31.0 Å². The van der Waals surface area contributed by atoms with Crippen molar-refractivity contribution >= 4 is 43.2 Å². The molecule has 5 aromatic rings. The van der Waals surface area contributed by atoms with Gasteiger partial charge < -0.3 is 9.11 Å². The number of aromatic nitrogens is 2. The van der Waals surface area contributed by atoms with Crippen molar-refractivity contribution in [1.82, 2.24) is 0 Å². The normalized spacial score (nSPS) is 13.9. The summed E-state index contributed by atoms with van der Waals surface area (Å²) < 4.78 is 123. The van der Waals surface area contributed by atoms with E-state index in [1.54, 1.807) is 0 Å². The molecule has 8 nitrogen and oxygen atoms in total. The number of pyridine rings is 2. The van der Waals surface area contributed by atoms with Gasteiger partial charge in [0.25, 0.3) is 0 Å². The zero-order chi connectivity index (χ0) is 38.2. The average molecular weight is 765 g/mol. The molecule has 0 spiro atoms. The first-order valence-electron chi connectivity index (χ1n) is 15.6. The molecule has 0 saturated heterocycles. The quantitative estimate of drug-likeness (QED) is 0.0849. The number of hydrogen-bond acceptors (Lipinski definition) is 6. The maximum atomic E-state index is 10.7. The molecule has 0 N–H and O–H groups in total. The summed E-state index contributed by atoms with van der Waals surface area (Å²) >= 11 is 0. The molecule has 0 radical (unpaired) electrons. The second kappa shape index (κ2) is 14.4. The summed E-state index contributed by atoms with van der Waals surface area (Å²) in [5.74, 6) is 0. The van der Waals surface area contributed by atoms with Gasteiger partial charge >= 0.3 is 11.0 Å². The molecule has 0 aliphatic carbocycles. The summed E-state index contributed by atoms with van der Waals surface area (Å²) in [5, 5.41) is 2.66. The molecule has 7 rings (SSSR count). The fourth-order valence-electron chi connectivity index (χ4n) is 6.30. The first kappa shape index (κ1) is 38.6. The molecule has 2 aliphatic heterocycles. The summed E-state index contributed by atoms with van der Waals surface area (Å²) in [5.41, 5.74) is 2.81. The lowest BCUT2D eigenvalue weighted by Crippen LogP contribution is -2.43. The van der Waals surface area contributed by atoms with Gasteiger partial charge in [-0.2, -0.15) is 35.5 Å². The second-order valence-corrected chi connectivity index (χ2v) is 14.7. The Morgan fingerprint density at radius 3 is 1.69 bits per heavy atom. The largest absolute Gasteiger partial charge is 0.741 e. The maximum absolute atomic E-state index is 10.7. The van der Waals surface area contributed by atoms with E-state index in [-0.39, 0.29) is 0 Å². The molecule has 2 aliphatic rings. The SMILES string of the molecule is Cc1c(C)c2c(c3c1CC[n+]1ccc(/C=C/c4ccccc4)cc1-3)-c1c3ccccc3cc[n+]1CC2.O=S(=O)([O-])C(F)(F)F.O=S(=O)([O-])C(F)(F)F. The van der Waals surface area contributed by atoms with Crippen LogP contribution in [-0.4, -0.2) is 37.0 Å². The van der Waals surface area contributed by atoms with Gasteiger partial charge in [-0.05, 0) is 58.7 Å². The van der Waals surface area contributed by atoms with Crippen molar-refractivity contribution in [3.05, 3.63) is 119 Å². The van der Waals surface area contributed by atoms with Crippen LogP contribution in [0.2, 0.25) is 0 Å². The van der Waals surface area contributed by atoms with Crippen molar-refractivity contribution in [2.24, 2.45) is 0 Å². The highest BCUT2D eigenvalue weighted by Crippen LogP contribution is 2.44. The molecule has 52 heavy (non-hydrogen) atoms. The van der Waals surface area contributed by atoms with Crippen LogP contribution in [0.3, 0.4) is 0 Å². The minimum atomic E-state index is -6.09. The minimum Gasteiger partial charge on any atom is -0.741 e. The van der Waals surface area contributed by atoms with Crippen LogP contribution in [0.15, 0.2) is 85.2 Å². The van der Waals surface area contributed by atoms with Crippen LogP contribution in [0.25, 0.3) is 45.4 Å². The molecule has 0 unspecified atom stereocenters. The number of hydrogen-bond donors (Lipinski definition) is 0. The molecule has 0 atom stereocenters. The highest BCUT2D eigenvalue weighted by atomic mass is 32.2. The van der Waals surface area contributed by atoms with Crippen LogP contribution in [-0.2, 0) is 46.2 Å². The molecular formula is C36H30F6N2O6S2. The number of benzene rings is 3. The zero-order valence-electron chi connectivity index (χ0n) is 27.5. The van der Waals surface area contributed by atoms with Crippen LogP contribution in [0.4, 0.5) is 26.3 Å². The molecule has 0 fully saturated rings. The Morgan fingerprint density at radius 1 is 0.635 bits per heavy atom. The van der Waals surface area contributed by atoms with Crippen molar-refractivity contribution in [1.29, 1.82) is 0 Å². The lowest BCUT2D eigenvalue weighted by atomic mass is 9.79. The predicted octanol–water partition coefficient (Wildman–Crippen LogP) is 6.75. The highest BCUT2D eigenvalue weighted by molar-refractivity contribution is 7.86. The predicted molar refractivity (Wildman–Crippen MR) is 179 cm³/mol. The summed E-state index contributed by atoms with van der Waals surface area (Å²) in [6.45, 7) is 6.75. The van der Waals surface area contributed by atoms with E-state index in [0.717, 1.165) is 25.9 Å². The van der Waals surface area contributed by atoms with Crippen LogP contribution < -0.4 is 9.13 Å². The Labute approximate surface area is 295 Å². The summed E-state index contributed by atoms with van der Waals surface area (Å²) in [7, 11) is -12.2. The van der Waals surface area contributed by atoms with Gasteiger partial charge in [0.1, 0.15) is 0 Å². The second-order valence-electron chi connectivity index (χ2n) is 12.0. The van der Waals surface area contributed by atoms with Crippen molar-refractivity contribution in [3.63, 3.8) is 0 Å². The van der Waals surface area contributed by atoms with Crippen LogP contribution in [0.5, 0.6) is 0 Å². The van der Waals surface area contributed by atoms with Crippen molar-refractivity contribution in [3.8, 4) is 22.5 Å². The number of nitrogens with zero attached hydrogens (tertiary/aromatic N) is 2. The van der Waals surface area contributed by atoms with Gasteiger partial charge in [0.2, 0.25) is 11.4 Å². The monoisotopic (exact) mass is 764 g/mol. The third-order valence-electron chi connectivity index (χ3n) is 8.85. The molecule has 16 heteroatoms. The molecule has 0 amide bonds. The van der Waals surface area contributed by atoms with Crippen molar-refractivity contribution < 1.29 is 61.4 Å². The Bertz CT molecular complexity index is 2370. The van der Waals surface area contributed by atoms with Crippen LogP contribution >= 0.6 is 0 Å². The van der Waals surface area contributed by atoms with E-state index in [1.807, 2.05) is 0 Å². The van der Waals surface area contributed by atoms with E-state index < -0.39 is 31.3 Å². The average Bonchev–Trinajstić information content (AvgIpc) is 3.08. The zero-order valence-corrected chi connectivity index (χ0v) is 29.1. The van der Waals surface area contributed by atoms with Gasteiger partial charge in [-0.3, -0.25) is 0 Å². The lowest BCUT2D eigenvalue weighted by Gasteiger charge is -2.27. The summed E-state index contributed by atoms with van der Waals surface area (Å²) in [6.07, 6.45) is 11.2. The number of rotatable bonds is 2. The Morgan fingerprint density at radius 2 is 1.12 bits per heavy atom. The van der Waals surface area contributed by atoms with E-state index in [9.17, 15) is 26.3 Å². The fourth-order valence-corrected chi connectivity index (χ4v) is 6.30. The number of alkyl halides is 6. The Hall–Kier alpha value is -4.64. The third-order valence-corrected chi connectivity index (χ3v) is 9.99. The van der Waals surface area contributed by atoms with E-state index in [0.29, 0.717) is 0 Å². The number of fused-ring (bicyclic) bond motifs is 9. The molecule has 2 aromatic heterocycles. The summed E-state index contributed by atoms with van der Waals surface area (Å²) in [6, 6.07) is 26.3. The van der Waals surface area contributed by atoms with Gasteiger partial charge in [-0.25, -0.2) is 16.8 Å². The number of halogens is 6. The van der Waals surface area contributed by atoms with Gasteiger partial charge in [-0.15, -0.1) is 0 Å². The Balaban J connectivity index is 0.000000275. The molecule has 3 aromatic carbocycles. The van der Waals surface area contributed by atoms with Gasteiger partial charge in [-0.1, -0.05) is 60.7 Å². The Kier molecular flexibility index (Phi) is 10.7. The first-order chi connectivity index (χ1) is 24.2. The molecule has 0 bridgehead atoms. The van der Waals surface area contributed by atoms with E-state index in [1.165, 1.54) is 66.7 Å². The van der Waals surface area contributed by atoms with E-state index >= 15 is 0 Å². The highest BCUT2D eigenvalue weighted by Gasteiger charge is 2.38. The molecular weight excluding hydrogens is 735 g/mol. The third kappa shape index (κ3) is 8.04. The minimum absolute atomic E-state index is 1.03. The fraction of sp³-hybridized carbons (Fsp3) is 0.222. The van der Waals surface area contributed by atoms with E-state index in [4.69, 9.17) is 25.9 Å². The smallest absolute Gasteiger partial charge is 0.485 e. The molecule has 274 valence electrons. The van der Waals surface area contributed by atoms with Crippen molar-refractivity contribution in [2.75, 3.05) is 0 Å². The summed E-state index contributed by atoms with van der Waals surface area (Å²) in [4.78, 5) is 0.